The van der Waals surface area contributed by atoms with Crippen LogP contribution in [0.25, 0.3) is 10.8 Å². The fourth-order valence-corrected chi connectivity index (χ4v) is 3.32. The third-order valence-electron chi connectivity index (χ3n) is 3.73. The fourth-order valence-electron chi connectivity index (χ4n) is 2.53. The molecule has 0 radical (unpaired) electrons. The lowest BCUT2D eigenvalue weighted by atomic mass is 10.1. The van der Waals surface area contributed by atoms with Crippen LogP contribution in [-0.2, 0) is 0 Å². The maximum absolute atomic E-state index is 10.6. The maximum atomic E-state index is 10.6. The molecule has 2 aromatic carbocycles. The van der Waals surface area contributed by atoms with E-state index in [4.69, 9.17) is 4.74 Å². The molecule has 0 aliphatic rings. The Morgan fingerprint density at radius 3 is 2.67 bits per heavy atom. The minimum Gasteiger partial charge on any atom is -0.484 e. The molecular weight excluding hydrogens is 344 g/mol. The lowest BCUT2D eigenvalue weighted by molar-refractivity contribution is 0.179. The number of halogens is 1. The van der Waals surface area contributed by atoms with Crippen LogP contribution in [0.15, 0.2) is 65.3 Å². The Morgan fingerprint density at radius 1 is 1.12 bits per heavy atom. The van der Waals surface area contributed by atoms with E-state index in [1.54, 1.807) is 18.4 Å². The summed E-state index contributed by atoms with van der Waals surface area (Å²) in [4.78, 5) is 11.7. The zero-order valence-electron chi connectivity index (χ0n) is 13.3. The topological polar surface area (TPSA) is 41.9 Å². The highest BCUT2D eigenvalue weighted by atomic mass is 35.5. The lowest BCUT2D eigenvalue weighted by Gasteiger charge is -2.20. The molecule has 0 unspecified atom stereocenters. The standard InChI is InChI=1S/C18H18N2O2S.ClH/c1-20(19-21)12-11-17(18-10-5-13-23-18)22-16-9-4-7-14-6-2-3-8-15(14)16;/h2-10,13,17H,11-12H2,1H3;1H/t17-;/m0./s1. The van der Waals surface area contributed by atoms with Gasteiger partial charge in [-0.3, -0.25) is 5.01 Å². The third kappa shape index (κ3) is 4.24. The van der Waals surface area contributed by atoms with Crippen molar-refractivity contribution in [2.45, 2.75) is 12.5 Å². The van der Waals surface area contributed by atoms with Gasteiger partial charge in [-0.05, 0) is 22.9 Å². The Balaban J connectivity index is 0.00000208. The molecule has 1 aromatic heterocycles. The van der Waals surface area contributed by atoms with Gasteiger partial charge < -0.3 is 4.74 Å². The second-order valence-electron chi connectivity index (χ2n) is 5.35. The van der Waals surface area contributed by atoms with E-state index >= 15 is 0 Å². The van der Waals surface area contributed by atoms with Crippen LogP contribution >= 0.6 is 23.7 Å². The van der Waals surface area contributed by atoms with Crippen molar-refractivity contribution in [3.63, 3.8) is 0 Å². The summed E-state index contributed by atoms with van der Waals surface area (Å²) in [6.45, 7) is 0.552. The van der Waals surface area contributed by atoms with Gasteiger partial charge in [-0.1, -0.05) is 42.5 Å². The first-order valence-corrected chi connectivity index (χ1v) is 8.38. The second-order valence-corrected chi connectivity index (χ2v) is 6.33. The summed E-state index contributed by atoms with van der Waals surface area (Å²) in [7, 11) is 1.68. The minimum atomic E-state index is -0.0926. The van der Waals surface area contributed by atoms with E-state index in [9.17, 15) is 4.91 Å². The molecular formula is C18H19ClN2O2S. The van der Waals surface area contributed by atoms with Gasteiger partial charge in [0.15, 0.2) is 0 Å². The van der Waals surface area contributed by atoms with E-state index in [0.29, 0.717) is 13.0 Å². The van der Waals surface area contributed by atoms with Crippen LogP contribution in [0.4, 0.5) is 0 Å². The van der Waals surface area contributed by atoms with Gasteiger partial charge in [0, 0.05) is 30.3 Å². The summed E-state index contributed by atoms with van der Waals surface area (Å²) >= 11 is 1.66. The highest BCUT2D eigenvalue weighted by Gasteiger charge is 2.17. The summed E-state index contributed by atoms with van der Waals surface area (Å²) in [6.07, 6.45) is 0.608. The monoisotopic (exact) mass is 362 g/mol. The molecule has 4 nitrogen and oxygen atoms in total. The van der Waals surface area contributed by atoms with Crippen LogP contribution in [0.5, 0.6) is 5.75 Å². The first-order chi connectivity index (χ1) is 11.3. The Bertz CT molecular complexity index is 774. The van der Waals surface area contributed by atoms with Crippen molar-refractivity contribution in [1.82, 2.24) is 5.01 Å². The number of thiophene rings is 1. The van der Waals surface area contributed by atoms with E-state index in [0.717, 1.165) is 21.4 Å². The van der Waals surface area contributed by atoms with Crippen molar-refractivity contribution in [3.8, 4) is 5.75 Å². The predicted octanol–water partition coefficient (Wildman–Crippen LogP) is 5.45. The summed E-state index contributed by atoms with van der Waals surface area (Å²) < 4.78 is 6.31. The molecule has 3 aromatic rings. The molecule has 3 rings (SSSR count). The number of fused-ring (bicyclic) bond motifs is 1. The molecule has 0 aliphatic carbocycles. The van der Waals surface area contributed by atoms with Gasteiger partial charge in [-0.25, -0.2) is 0 Å². The van der Waals surface area contributed by atoms with Crippen molar-refractivity contribution < 1.29 is 4.74 Å². The van der Waals surface area contributed by atoms with Gasteiger partial charge in [0.25, 0.3) is 0 Å². The van der Waals surface area contributed by atoms with E-state index in [1.807, 2.05) is 35.7 Å². The maximum Gasteiger partial charge on any atom is 0.135 e. The molecule has 0 N–H and O–H groups in total. The van der Waals surface area contributed by atoms with Gasteiger partial charge in [0.05, 0.1) is 5.29 Å². The molecule has 126 valence electrons. The number of nitrogens with zero attached hydrogens (tertiary/aromatic N) is 2. The normalized spacial score (nSPS) is 11.5. The summed E-state index contributed by atoms with van der Waals surface area (Å²) in [5.74, 6) is 0.864. The molecule has 0 bridgehead atoms. The zero-order chi connectivity index (χ0) is 16.1. The van der Waals surface area contributed by atoms with E-state index in [-0.39, 0.29) is 18.5 Å². The van der Waals surface area contributed by atoms with Crippen molar-refractivity contribution in [2.75, 3.05) is 13.6 Å². The van der Waals surface area contributed by atoms with Gasteiger partial charge in [-0.2, -0.15) is 0 Å². The molecule has 0 amide bonds. The van der Waals surface area contributed by atoms with Crippen LogP contribution in [0.1, 0.15) is 17.4 Å². The number of ether oxygens (including phenoxy) is 1. The summed E-state index contributed by atoms with van der Waals surface area (Å²) in [6, 6.07) is 18.3. The third-order valence-corrected chi connectivity index (χ3v) is 4.70. The molecule has 6 heteroatoms. The molecule has 24 heavy (non-hydrogen) atoms. The Hall–Kier alpha value is -2.11. The highest BCUT2D eigenvalue weighted by Crippen LogP contribution is 2.32. The van der Waals surface area contributed by atoms with Crippen molar-refractivity contribution in [1.29, 1.82) is 0 Å². The zero-order valence-corrected chi connectivity index (χ0v) is 14.9. The molecule has 1 heterocycles. The minimum absolute atomic E-state index is 0. The summed E-state index contributed by atoms with van der Waals surface area (Å²) in [5, 5.41) is 8.61. The highest BCUT2D eigenvalue weighted by molar-refractivity contribution is 7.10. The Morgan fingerprint density at radius 2 is 1.92 bits per heavy atom. The average molecular weight is 363 g/mol. The van der Waals surface area contributed by atoms with Crippen LogP contribution in [-0.4, -0.2) is 18.6 Å². The number of rotatable bonds is 7. The molecule has 1 atom stereocenters. The molecule has 0 fully saturated rings. The van der Waals surface area contributed by atoms with E-state index in [1.165, 1.54) is 5.01 Å². The van der Waals surface area contributed by atoms with E-state index < -0.39 is 0 Å². The van der Waals surface area contributed by atoms with Crippen LogP contribution in [0.3, 0.4) is 0 Å². The fraction of sp³-hybridized carbons (Fsp3) is 0.222. The Labute approximate surface area is 151 Å². The van der Waals surface area contributed by atoms with Crippen molar-refractivity contribution in [2.24, 2.45) is 5.29 Å². The second kappa shape index (κ2) is 8.66. The van der Waals surface area contributed by atoms with Gasteiger partial charge in [0.2, 0.25) is 0 Å². The largest absolute Gasteiger partial charge is 0.484 e. The van der Waals surface area contributed by atoms with Gasteiger partial charge in [0.1, 0.15) is 11.9 Å². The van der Waals surface area contributed by atoms with Crippen molar-refractivity contribution >= 4 is 34.5 Å². The van der Waals surface area contributed by atoms with Crippen molar-refractivity contribution in [3.05, 3.63) is 69.8 Å². The quantitative estimate of drug-likeness (QED) is 0.414. The van der Waals surface area contributed by atoms with Crippen LogP contribution in [0.2, 0.25) is 0 Å². The molecule has 0 saturated carbocycles. The lowest BCUT2D eigenvalue weighted by Crippen LogP contribution is -2.17. The van der Waals surface area contributed by atoms with Gasteiger partial charge in [-0.15, -0.1) is 28.7 Å². The van der Waals surface area contributed by atoms with Crippen LogP contribution < -0.4 is 4.74 Å². The van der Waals surface area contributed by atoms with Gasteiger partial charge >= 0.3 is 0 Å². The molecule has 0 aliphatic heterocycles. The van der Waals surface area contributed by atoms with E-state index in [2.05, 4.69) is 29.6 Å². The molecule has 0 spiro atoms. The number of hydrogen-bond acceptors (Lipinski definition) is 4. The number of benzene rings is 2. The predicted molar refractivity (Wildman–Crippen MR) is 102 cm³/mol. The smallest absolute Gasteiger partial charge is 0.135 e. The number of hydrogen-bond donors (Lipinski definition) is 0. The SMILES string of the molecule is CN(CC[C@H](Oc1cccc2ccccc12)c1cccs1)N=O.Cl. The first-order valence-electron chi connectivity index (χ1n) is 7.50. The Kier molecular flexibility index (Phi) is 6.58. The van der Waals surface area contributed by atoms with Crippen LogP contribution in [0, 0.1) is 4.91 Å². The summed E-state index contributed by atoms with van der Waals surface area (Å²) in [5.41, 5.74) is 0. The number of nitroso groups, excluding NO2 is 1. The molecule has 0 saturated heterocycles. The average Bonchev–Trinajstić information content (AvgIpc) is 3.12. The first kappa shape index (κ1) is 18.2.